The van der Waals surface area contributed by atoms with E-state index in [9.17, 15) is 4.79 Å². The van der Waals surface area contributed by atoms with E-state index < -0.39 is 0 Å². The molecule has 9 nitrogen and oxygen atoms in total. The summed E-state index contributed by atoms with van der Waals surface area (Å²) in [6.45, 7) is 1.14. The fourth-order valence-corrected chi connectivity index (χ4v) is 3.66. The Kier molecular flexibility index (Phi) is 5.01. The SMILES string of the molecule is Nc1c(C(=O)NCC2CCCO2)c2nc3ccccc3nc2n1/N=C\c1ccccn1. The van der Waals surface area contributed by atoms with Crippen LogP contribution in [-0.4, -0.2) is 51.0 Å². The number of para-hydroxylation sites is 2. The quantitative estimate of drug-likeness (QED) is 0.483. The summed E-state index contributed by atoms with van der Waals surface area (Å²) in [4.78, 5) is 26.6. The molecular weight excluding hydrogens is 394 g/mol. The van der Waals surface area contributed by atoms with Gasteiger partial charge in [-0.25, -0.2) is 9.97 Å². The second-order valence-corrected chi connectivity index (χ2v) is 7.30. The van der Waals surface area contributed by atoms with Gasteiger partial charge in [0.25, 0.3) is 5.91 Å². The molecule has 0 bridgehead atoms. The average Bonchev–Trinajstić information content (AvgIpc) is 3.41. The molecule has 156 valence electrons. The van der Waals surface area contributed by atoms with Crippen molar-refractivity contribution in [2.24, 2.45) is 5.10 Å². The van der Waals surface area contributed by atoms with Crippen molar-refractivity contribution in [2.75, 3.05) is 18.9 Å². The van der Waals surface area contributed by atoms with Gasteiger partial charge in [0, 0.05) is 19.3 Å². The molecule has 31 heavy (non-hydrogen) atoms. The summed E-state index contributed by atoms with van der Waals surface area (Å²) in [7, 11) is 0. The van der Waals surface area contributed by atoms with Crippen molar-refractivity contribution in [3.63, 3.8) is 0 Å². The van der Waals surface area contributed by atoms with Gasteiger partial charge in [0.1, 0.15) is 16.9 Å². The molecule has 1 aliphatic rings. The maximum Gasteiger partial charge on any atom is 0.257 e. The lowest BCUT2D eigenvalue weighted by Gasteiger charge is -2.10. The van der Waals surface area contributed by atoms with E-state index in [4.69, 9.17) is 10.5 Å². The van der Waals surface area contributed by atoms with Gasteiger partial charge in [0.05, 0.1) is 29.0 Å². The zero-order chi connectivity index (χ0) is 21.2. The van der Waals surface area contributed by atoms with Crippen molar-refractivity contribution < 1.29 is 9.53 Å². The maximum absolute atomic E-state index is 13.1. The van der Waals surface area contributed by atoms with Gasteiger partial charge >= 0.3 is 0 Å². The Balaban J connectivity index is 1.59. The lowest BCUT2D eigenvalue weighted by molar-refractivity contribution is 0.0859. The minimum absolute atomic E-state index is 0.0209. The largest absolute Gasteiger partial charge is 0.383 e. The van der Waals surface area contributed by atoms with Gasteiger partial charge in [-0.15, -0.1) is 0 Å². The highest BCUT2D eigenvalue weighted by Crippen LogP contribution is 2.28. The number of aromatic nitrogens is 4. The van der Waals surface area contributed by atoms with E-state index in [1.165, 1.54) is 4.68 Å². The lowest BCUT2D eigenvalue weighted by Crippen LogP contribution is -2.32. The molecule has 0 saturated carbocycles. The molecule has 3 aromatic heterocycles. The molecule has 3 N–H and O–H groups in total. The fourth-order valence-electron chi connectivity index (χ4n) is 3.66. The first-order valence-corrected chi connectivity index (χ1v) is 10.1. The first-order valence-electron chi connectivity index (χ1n) is 10.1. The van der Waals surface area contributed by atoms with Crippen molar-refractivity contribution in [1.82, 2.24) is 24.9 Å². The molecule has 1 unspecified atom stereocenters. The summed E-state index contributed by atoms with van der Waals surface area (Å²) in [5.74, 6) is -0.156. The number of pyridine rings is 1. The highest BCUT2D eigenvalue weighted by Gasteiger charge is 2.25. The Hall–Kier alpha value is -3.85. The Bertz CT molecular complexity index is 1280. The van der Waals surface area contributed by atoms with Gasteiger partial charge in [-0.05, 0) is 37.1 Å². The van der Waals surface area contributed by atoms with E-state index in [1.807, 2.05) is 42.5 Å². The first-order chi connectivity index (χ1) is 15.2. The Morgan fingerprint density at radius 2 is 2.03 bits per heavy atom. The number of amides is 1. The third-order valence-corrected chi connectivity index (χ3v) is 5.21. The van der Waals surface area contributed by atoms with Gasteiger partial charge in [0.15, 0.2) is 5.65 Å². The number of nitrogens with two attached hydrogens (primary N) is 1. The van der Waals surface area contributed by atoms with Gasteiger partial charge in [-0.2, -0.15) is 9.78 Å². The molecule has 1 amide bonds. The van der Waals surface area contributed by atoms with Crippen molar-refractivity contribution >= 4 is 40.1 Å². The fraction of sp³-hybridized carbons (Fsp3) is 0.227. The number of anilines is 1. The Morgan fingerprint density at radius 1 is 1.23 bits per heavy atom. The number of nitrogen functional groups attached to an aromatic ring is 1. The van der Waals surface area contributed by atoms with Crippen LogP contribution >= 0.6 is 0 Å². The molecule has 5 rings (SSSR count). The molecule has 9 heteroatoms. The maximum atomic E-state index is 13.1. The first kappa shape index (κ1) is 19.1. The van der Waals surface area contributed by atoms with Crippen molar-refractivity contribution in [3.05, 3.63) is 59.9 Å². The number of rotatable bonds is 5. The van der Waals surface area contributed by atoms with Crippen LogP contribution < -0.4 is 11.1 Å². The van der Waals surface area contributed by atoms with Crippen LogP contribution in [0.1, 0.15) is 28.9 Å². The van der Waals surface area contributed by atoms with Gasteiger partial charge in [0.2, 0.25) is 0 Å². The van der Waals surface area contributed by atoms with Gasteiger partial charge < -0.3 is 15.8 Å². The number of carbonyl (C=O) groups is 1. The standard InChI is InChI=1S/C22H21N7O2/c23-20-18(22(30)25-13-15-7-5-11-31-15)19-21(28-17-9-2-1-8-16(17)27-19)29(20)26-12-14-6-3-4-10-24-14/h1-4,6,8-10,12,15H,5,7,11,13,23H2,(H,25,30)/b26-12-. The Labute approximate surface area is 178 Å². The molecule has 1 fully saturated rings. The molecule has 1 aliphatic heterocycles. The van der Waals surface area contributed by atoms with Crippen LogP contribution in [0.15, 0.2) is 53.8 Å². The van der Waals surface area contributed by atoms with Crippen molar-refractivity contribution in [1.29, 1.82) is 0 Å². The minimum Gasteiger partial charge on any atom is -0.383 e. The molecule has 1 aromatic carbocycles. The molecule has 0 spiro atoms. The molecule has 4 aromatic rings. The smallest absolute Gasteiger partial charge is 0.257 e. The normalized spacial score (nSPS) is 16.5. The second-order valence-electron chi connectivity index (χ2n) is 7.30. The summed E-state index contributed by atoms with van der Waals surface area (Å²) in [6.07, 6.45) is 5.20. The van der Waals surface area contributed by atoms with Crippen LogP contribution in [0.25, 0.3) is 22.2 Å². The predicted molar refractivity (Wildman–Crippen MR) is 118 cm³/mol. The lowest BCUT2D eigenvalue weighted by atomic mass is 10.2. The highest BCUT2D eigenvalue weighted by molar-refractivity contribution is 6.10. The predicted octanol–water partition coefficient (Wildman–Crippen LogP) is 2.35. The third-order valence-electron chi connectivity index (χ3n) is 5.21. The molecule has 0 radical (unpaired) electrons. The molecule has 4 heterocycles. The van der Waals surface area contributed by atoms with Crippen molar-refractivity contribution in [2.45, 2.75) is 18.9 Å². The van der Waals surface area contributed by atoms with E-state index in [-0.39, 0.29) is 23.4 Å². The summed E-state index contributed by atoms with van der Waals surface area (Å²) in [5, 5.41) is 7.37. The molecule has 1 atom stereocenters. The highest BCUT2D eigenvalue weighted by atomic mass is 16.5. The summed E-state index contributed by atoms with van der Waals surface area (Å²) in [5.41, 5.74) is 9.47. The van der Waals surface area contributed by atoms with E-state index in [0.29, 0.717) is 34.4 Å². The monoisotopic (exact) mass is 415 g/mol. The number of carbonyl (C=O) groups excluding carboxylic acids is 1. The van der Waals surface area contributed by atoms with Gasteiger partial charge in [-0.3, -0.25) is 9.78 Å². The summed E-state index contributed by atoms with van der Waals surface area (Å²) < 4.78 is 7.03. The molecular formula is C22H21N7O2. The van der Waals surface area contributed by atoms with Crippen LogP contribution in [-0.2, 0) is 4.74 Å². The second kappa shape index (κ2) is 8.11. The van der Waals surface area contributed by atoms with E-state index in [2.05, 4.69) is 25.4 Å². The van der Waals surface area contributed by atoms with Crippen LogP contribution in [0.5, 0.6) is 0 Å². The average molecular weight is 415 g/mol. The number of hydrogen-bond acceptors (Lipinski definition) is 7. The topological polar surface area (TPSA) is 120 Å². The minimum atomic E-state index is -0.325. The molecule has 0 aliphatic carbocycles. The number of nitrogens with one attached hydrogen (secondary N) is 1. The van der Waals surface area contributed by atoms with E-state index in [1.54, 1.807) is 12.4 Å². The zero-order valence-corrected chi connectivity index (χ0v) is 16.7. The van der Waals surface area contributed by atoms with Crippen LogP contribution in [0.3, 0.4) is 0 Å². The zero-order valence-electron chi connectivity index (χ0n) is 16.7. The van der Waals surface area contributed by atoms with Gasteiger partial charge in [-0.1, -0.05) is 18.2 Å². The van der Waals surface area contributed by atoms with Crippen LogP contribution in [0, 0.1) is 0 Å². The number of ether oxygens (including phenoxy) is 1. The van der Waals surface area contributed by atoms with Crippen LogP contribution in [0.2, 0.25) is 0 Å². The number of fused-ring (bicyclic) bond motifs is 2. The number of nitrogens with zero attached hydrogens (tertiary/aromatic N) is 5. The van der Waals surface area contributed by atoms with Crippen LogP contribution in [0.4, 0.5) is 5.82 Å². The molecule has 1 saturated heterocycles. The summed E-state index contributed by atoms with van der Waals surface area (Å²) >= 11 is 0. The van der Waals surface area contributed by atoms with E-state index in [0.717, 1.165) is 19.4 Å². The summed E-state index contributed by atoms with van der Waals surface area (Å²) in [6, 6.07) is 13.0. The van der Waals surface area contributed by atoms with Crippen molar-refractivity contribution in [3.8, 4) is 0 Å². The van der Waals surface area contributed by atoms with E-state index >= 15 is 0 Å². The third kappa shape index (κ3) is 3.71. The Morgan fingerprint density at radius 3 is 2.77 bits per heavy atom. The number of benzene rings is 1. The number of hydrogen-bond donors (Lipinski definition) is 2.